The van der Waals surface area contributed by atoms with Crippen molar-refractivity contribution >= 4 is 18.2 Å². The molecule has 0 aliphatic rings. The van der Waals surface area contributed by atoms with Crippen molar-refractivity contribution in [3.05, 3.63) is 72.1 Å². The van der Waals surface area contributed by atoms with Crippen LogP contribution in [0.15, 0.2) is 58.8 Å². The summed E-state index contributed by atoms with van der Waals surface area (Å²) < 4.78 is 28.5. The molecule has 0 saturated heterocycles. The number of pyridine rings is 1. The van der Waals surface area contributed by atoms with Crippen molar-refractivity contribution in [2.45, 2.75) is 29.6 Å². The zero-order valence-electron chi connectivity index (χ0n) is 14.3. The number of imidazole rings is 1. The minimum absolute atomic E-state index is 0.141. The van der Waals surface area contributed by atoms with Crippen LogP contribution >= 0.6 is 11.8 Å². The Kier molecular flexibility index (Phi) is 5.46. The van der Waals surface area contributed by atoms with Crippen LogP contribution in [0.2, 0.25) is 0 Å². The summed E-state index contributed by atoms with van der Waals surface area (Å²) >= 11 is 1.23. The Balaban J connectivity index is 2.05. The third-order valence-electron chi connectivity index (χ3n) is 3.97. The van der Waals surface area contributed by atoms with E-state index in [0.717, 1.165) is 16.5 Å². The number of aromatic nitrogens is 3. The molecule has 0 aliphatic carbocycles. The fourth-order valence-corrected chi connectivity index (χ4v) is 3.92. The zero-order chi connectivity index (χ0) is 18.7. The normalized spacial score (nSPS) is 12.3. The first-order valence-electron chi connectivity index (χ1n) is 8.05. The third kappa shape index (κ3) is 3.83. The van der Waals surface area contributed by atoms with E-state index in [9.17, 15) is 13.6 Å². The van der Waals surface area contributed by atoms with E-state index in [-0.39, 0.29) is 11.8 Å². The minimum atomic E-state index is -0.630. The van der Waals surface area contributed by atoms with E-state index in [1.54, 1.807) is 24.8 Å². The van der Waals surface area contributed by atoms with Crippen LogP contribution in [0.1, 0.15) is 31.2 Å². The van der Waals surface area contributed by atoms with Gasteiger partial charge in [0.15, 0.2) is 0 Å². The van der Waals surface area contributed by atoms with E-state index < -0.39 is 11.6 Å². The van der Waals surface area contributed by atoms with E-state index >= 15 is 0 Å². The van der Waals surface area contributed by atoms with Gasteiger partial charge in [0.1, 0.15) is 17.5 Å². The Bertz CT molecular complexity index is 906. The first-order chi connectivity index (χ1) is 12.5. The van der Waals surface area contributed by atoms with Crippen LogP contribution < -0.4 is 0 Å². The monoisotopic (exact) mass is 373 g/mol. The zero-order valence-corrected chi connectivity index (χ0v) is 15.1. The summed E-state index contributed by atoms with van der Waals surface area (Å²) in [6.07, 6.45) is 7.22. The fourth-order valence-electron chi connectivity index (χ4n) is 2.90. The predicted octanol–water partition coefficient (Wildman–Crippen LogP) is 4.53. The van der Waals surface area contributed by atoms with Gasteiger partial charge in [0.25, 0.3) is 0 Å². The third-order valence-corrected chi connectivity index (χ3v) is 5.00. The van der Waals surface area contributed by atoms with Crippen molar-refractivity contribution in [3.63, 3.8) is 0 Å². The maximum absolute atomic E-state index is 13.5. The number of hydrogen-bond acceptors (Lipinski definition) is 4. The lowest BCUT2D eigenvalue weighted by Gasteiger charge is -2.23. The largest absolute Gasteiger partial charge is 0.278 e. The number of halogens is 2. The highest BCUT2D eigenvalue weighted by atomic mass is 32.2. The Labute approximate surface area is 154 Å². The van der Waals surface area contributed by atoms with Crippen molar-refractivity contribution < 1.29 is 13.6 Å². The number of benzene rings is 1. The molecule has 3 rings (SSSR count). The van der Waals surface area contributed by atoms with Crippen LogP contribution in [-0.2, 0) is 4.79 Å². The van der Waals surface area contributed by atoms with Gasteiger partial charge in [-0.1, -0.05) is 25.6 Å². The molecule has 0 fully saturated rings. The van der Waals surface area contributed by atoms with Crippen molar-refractivity contribution in [1.82, 2.24) is 14.5 Å². The molecule has 0 bridgehead atoms. The first kappa shape index (κ1) is 18.3. The van der Waals surface area contributed by atoms with Gasteiger partial charge in [-0.3, -0.25) is 14.3 Å². The lowest BCUT2D eigenvalue weighted by atomic mass is 9.88. The number of carbonyl (C=O) groups excluding carboxylic acids is 1. The number of rotatable bonds is 6. The summed E-state index contributed by atoms with van der Waals surface area (Å²) in [4.78, 5) is 21.0. The fraction of sp³-hybridized carbons (Fsp3) is 0.211. The SMILES string of the molecule is CC(C)C(c1ccncc1Sc1cc(F)cc(F)c1)c1nccn1C=O. The van der Waals surface area contributed by atoms with Crippen LogP contribution in [0.3, 0.4) is 0 Å². The molecule has 0 radical (unpaired) electrons. The first-order valence-corrected chi connectivity index (χ1v) is 8.87. The molecule has 134 valence electrons. The molecular formula is C19H17F2N3OS. The highest BCUT2D eigenvalue weighted by molar-refractivity contribution is 7.99. The van der Waals surface area contributed by atoms with Crippen molar-refractivity contribution in [2.75, 3.05) is 0 Å². The van der Waals surface area contributed by atoms with Crippen molar-refractivity contribution in [1.29, 1.82) is 0 Å². The van der Waals surface area contributed by atoms with Gasteiger partial charge in [0, 0.05) is 46.6 Å². The average Bonchev–Trinajstić information content (AvgIpc) is 3.03. The Morgan fingerprint density at radius 1 is 1.15 bits per heavy atom. The quantitative estimate of drug-likeness (QED) is 0.596. The number of carbonyl (C=O) groups is 1. The lowest BCUT2D eigenvalue weighted by Crippen LogP contribution is -2.16. The van der Waals surface area contributed by atoms with Gasteiger partial charge < -0.3 is 0 Å². The molecule has 2 heterocycles. The van der Waals surface area contributed by atoms with Gasteiger partial charge in [0.05, 0.1) is 0 Å². The molecule has 7 heteroatoms. The Morgan fingerprint density at radius 2 is 1.88 bits per heavy atom. The van der Waals surface area contributed by atoms with Gasteiger partial charge in [-0.05, 0) is 29.7 Å². The molecule has 0 spiro atoms. The second kappa shape index (κ2) is 7.78. The van der Waals surface area contributed by atoms with E-state index in [1.807, 2.05) is 19.9 Å². The molecule has 0 aliphatic heterocycles. The van der Waals surface area contributed by atoms with E-state index in [4.69, 9.17) is 0 Å². The molecule has 4 nitrogen and oxygen atoms in total. The maximum atomic E-state index is 13.5. The highest BCUT2D eigenvalue weighted by Gasteiger charge is 2.25. The van der Waals surface area contributed by atoms with Gasteiger partial charge in [-0.15, -0.1) is 0 Å². The van der Waals surface area contributed by atoms with Crippen molar-refractivity contribution in [3.8, 4) is 0 Å². The summed E-state index contributed by atoms with van der Waals surface area (Å²) in [6.45, 7) is 4.07. The van der Waals surface area contributed by atoms with E-state index in [1.165, 1.54) is 28.5 Å². The van der Waals surface area contributed by atoms with Gasteiger partial charge >= 0.3 is 0 Å². The summed E-state index contributed by atoms with van der Waals surface area (Å²) in [5, 5.41) is 0. The van der Waals surface area contributed by atoms with Gasteiger partial charge in [0.2, 0.25) is 6.41 Å². The van der Waals surface area contributed by atoms with Gasteiger partial charge in [-0.25, -0.2) is 13.8 Å². The predicted molar refractivity (Wildman–Crippen MR) is 95.8 cm³/mol. The molecular weight excluding hydrogens is 356 g/mol. The molecule has 26 heavy (non-hydrogen) atoms. The number of hydrogen-bond donors (Lipinski definition) is 0. The highest BCUT2D eigenvalue weighted by Crippen LogP contribution is 2.39. The standard InChI is InChI=1S/C19H17F2N3OS/c1-12(2)18(19-23-5-6-24(19)11-25)16-3-4-22-10-17(16)26-15-8-13(20)7-14(21)9-15/h3-12,18H,1-2H3. The summed E-state index contributed by atoms with van der Waals surface area (Å²) in [5.41, 5.74) is 0.902. The summed E-state index contributed by atoms with van der Waals surface area (Å²) in [6, 6.07) is 5.25. The van der Waals surface area contributed by atoms with Crippen LogP contribution in [0.5, 0.6) is 0 Å². The summed E-state index contributed by atoms with van der Waals surface area (Å²) in [5.74, 6) is -0.667. The van der Waals surface area contributed by atoms with E-state index in [0.29, 0.717) is 17.1 Å². The van der Waals surface area contributed by atoms with Crippen LogP contribution in [-0.4, -0.2) is 20.9 Å². The molecule has 1 atom stereocenters. The van der Waals surface area contributed by atoms with Crippen LogP contribution in [0.25, 0.3) is 0 Å². The molecule has 2 aromatic heterocycles. The average molecular weight is 373 g/mol. The Hall–Kier alpha value is -2.54. The topological polar surface area (TPSA) is 47.8 Å². The second-order valence-electron chi connectivity index (χ2n) is 6.14. The number of nitrogens with zero attached hydrogens (tertiary/aromatic N) is 3. The molecule has 0 N–H and O–H groups in total. The molecule has 1 unspecified atom stereocenters. The molecule has 3 aromatic rings. The minimum Gasteiger partial charge on any atom is -0.278 e. The molecule has 0 saturated carbocycles. The van der Waals surface area contributed by atoms with Crippen LogP contribution in [0, 0.1) is 17.6 Å². The Morgan fingerprint density at radius 3 is 2.54 bits per heavy atom. The molecule has 0 amide bonds. The smallest absolute Gasteiger partial charge is 0.219 e. The van der Waals surface area contributed by atoms with Crippen LogP contribution in [0.4, 0.5) is 8.78 Å². The van der Waals surface area contributed by atoms with Crippen molar-refractivity contribution in [2.24, 2.45) is 5.92 Å². The lowest BCUT2D eigenvalue weighted by molar-refractivity contribution is 0.512. The van der Waals surface area contributed by atoms with Gasteiger partial charge in [-0.2, -0.15) is 0 Å². The second-order valence-corrected chi connectivity index (χ2v) is 7.26. The summed E-state index contributed by atoms with van der Waals surface area (Å²) in [7, 11) is 0. The molecule has 1 aromatic carbocycles. The maximum Gasteiger partial charge on any atom is 0.219 e. The van der Waals surface area contributed by atoms with E-state index in [2.05, 4.69) is 9.97 Å².